The third-order valence-electron chi connectivity index (χ3n) is 5.30. The molecule has 2 aromatic rings. The van der Waals surface area contributed by atoms with Gasteiger partial charge < -0.3 is 4.90 Å². The van der Waals surface area contributed by atoms with Crippen molar-refractivity contribution in [2.75, 3.05) is 33.2 Å². The minimum absolute atomic E-state index is 0.143. The minimum atomic E-state index is -3.42. The fraction of sp³-hybridized carbons (Fsp3) is 0.368. The summed E-state index contributed by atoms with van der Waals surface area (Å²) in [4.78, 5) is 5.07. The molecule has 4 nitrogen and oxygen atoms in total. The fourth-order valence-electron chi connectivity index (χ4n) is 3.96. The topological polar surface area (TPSA) is 40.6 Å². The third kappa shape index (κ3) is 2.89. The van der Waals surface area contributed by atoms with Gasteiger partial charge in [-0.25, -0.2) is 8.42 Å². The van der Waals surface area contributed by atoms with Gasteiger partial charge in [0, 0.05) is 31.2 Å². The molecular weight excluding hydrogens is 356 g/mol. The lowest BCUT2D eigenvalue weighted by atomic mass is 9.96. The van der Waals surface area contributed by atoms with Crippen molar-refractivity contribution in [1.82, 2.24) is 9.80 Å². The standard InChI is InChI=1S/C19H21ClN2O2S/c1-21-10-12-22(13-11-21)18-16-4-2-3-5-17(16)25(23,24)19(18)14-6-8-15(20)9-7-14/h2-9,18-19H,10-13H2,1H3. The number of halogens is 1. The zero-order chi connectivity index (χ0) is 17.6. The number of hydrogen-bond donors (Lipinski definition) is 0. The van der Waals surface area contributed by atoms with Crippen molar-refractivity contribution >= 4 is 21.4 Å². The molecule has 132 valence electrons. The largest absolute Gasteiger partial charge is 0.304 e. The highest BCUT2D eigenvalue weighted by atomic mass is 35.5. The van der Waals surface area contributed by atoms with Crippen LogP contribution in [-0.2, 0) is 9.84 Å². The van der Waals surface area contributed by atoms with Gasteiger partial charge in [-0.2, -0.15) is 0 Å². The highest BCUT2D eigenvalue weighted by Crippen LogP contribution is 2.51. The molecule has 0 aromatic heterocycles. The van der Waals surface area contributed by atoms with Gasteiger partial charge in [-0.05, 0) is 36.4 Å². The predicted molar refractivity (Wildman–Crippen MR) is 99.6 cm³/mol. The molecule has 2 atom stereocenters. The molecular formula is C19H21ClN2O2S. The van der Waals surface area contributed by atoms with Gasteiger partial charge in [0.05, 0.1) is 10.9 Å². The molecule has 0 spiro atoms. The summed E-state index contributed by atoms with van der Waals surface area (Å²) >= 11 is 6.01. The molecule has 0 saturated carbocycles. The summed E-state index contributed by atoms with van der Waals surface area (Å²) in [6.45, 7) is 3.64. The SMILES string of the molecule is CN1CCN(C2c3ccccc3S(=O)(=O)C2c2ccc(Cl)cc2)CC1. The molecule has 0 bridgehead atoms. The highest BCUT2D eigenvalue weighted by Gasteiger charge is 2.48. The number of sulfone groups is 1. The normalized spacial score (nSPS) is 26.5. The van der Waals surface area contributed by atoms with Crippen molar-refractivity contribution in [2.24, 2.45) is 0 Å². The van der Waals surface area contributed by atoms with E-state index in [1.165, 1.54) is 0 Å². The van der Waals surface area contributed by atoms with E-state index >= 15 is 0 Å². The quantitative estimate of drug-likeness (QED) is 0.807. The molecule has 1 fully saturated rings. The van der Waals surface area contributed by atoms with Gasteiger partial charge in [0.25, 0.3) is 0 Å². The first-order valence-corrected chi connectivity index (χ1v) is 10.4. The van der Waals surface area contributed by atoms with Crippen LogP contribution >= 0.6 is 11.6 Å². The average Bonchev–Trinajstić information content (AvgIpc) is 2.85. The zero-order valence-corrected chi connectivity index (χ0v) is 15.7. The van der Waals surface area contributed by atoms with Crippen LogP contribution in [0, 0.1) is 0 Å². The summed E-state index contributed by atoms with van der Waals surface area (Å²) < 4.78 is 26.6. The molecule has 2 unspecified atom stereocenters. The maximum absolute atomic E-state index is 13.3. The molecule has 0 amide bonds. The first-order valence-electron chi connectivity index (χ1n) is 8.49. The summed E-state index contributed by atoms with van der Waals surface area (Å²) in [5, 5.41) is 0.0402. The molecule has 0 radical (unpaired) electrons. The third-order valence-corrected chi connectivity index (χ3v) is 7.73. The van der Waals surface area contributed by atoms with Crippen molar-refractivity contribution in [3.63, 3.8) is 0 Å². The Labute approximate surface area is 153 Å². The van der Waals surface area contributed by atoms with Gasteiger partial charge in [0.1, 0.15) is 5.25 Å². The van der Waals surface area contributed by atoms with E-state index in [2.05, 4.69) is 16.8 Å². The van der Waals surface area contributed by atoms with E-state index in [0.29, 0.717) is 9.92 Å². The summed E-state index contributed by atoms with van der Waals surface area (Å²) in [6.07, 6.45) is 0. The maximum atomic E-state index is 13.3. The van der Waals surface area contributed by atoms with E-state index < -0.39 is 15.1 Å². The summed E-state index contributed by atoms with van der Waals surface area (Å²) in [5.74, 6) is 0. The number of piperazine rings is 1. The number of benzene rings is 2. The minimum Gasteiger partial charge on any atom is -0.304 e. The molecule has 2 aliphatic heterocycles. The van der Waals surface area contributed by atoms with Crippen LogP contribution in [0.2, 0.25) is 5.02 Å². The summed E-state index contributed by atoms with van der Waals surface area (Å²) in [5.41, 5.74) is 1.73. The van der Waals surface area contributed by atoms with Crippen molar-refractivity contribution in [3.05, 3.63) is 64.7 Å². The van der Waals surface area contributed by atoms with E-state index in [1.807, 2.05) is 30.3 Å². The fourth-order valence-corrected chi connectivity index (χ4v) is 6.31. The Balaban J connectivity index is 1.83. The van der Waals surface area contributed by atoms with Crippen LogP contribution in [0.25, 0.3) is 0 Å². The lowest BCUT2D eigenvalue weighted by Gasteiger charge is -2.38. The number of nitrogens with zero attached hydrogens (tertiary/aromatic N) is 2. The van der Waals surface area contributed by atoms with E-state index in [-0.39, 0.29) is 6.04 Å². The number of fused-ring (bicyclic) bond motifs is 1. The van der Waals surface area contributed by atoms with Crippen molar-refractivity contribution in [2.45, 2.75) is 16.2 Å². The number of rotatable bonds is 2. The molecule has 6 heteroatoms. The van der Waals surface area contributed by atoms with Crippen LogP contribution in [-0.4, -0.2) is 51.4 Å². The van der Waals surface area contributed by atoms with Crippen molar-refractivity contribution < 1.29 is 8.42 Å². The smallest absolute Gasteiger partial charge is 0.187 e. The van der Waals surface area contributed by atoms with E-state index in [1.54, 1.807) is 18.2 Å². The van der Waals surface area contributed by atoms with E-state index in [0.717, 1.165) is 37.3 Å². The van der Waals surface area contributed by atoms with Crippen LogP contribution in [0.5, 0.6) is 0 Å². The second-order valence-electron chi connectivity index (χ2n) is 6.84. The monoisotopic (exact) mass is 376 g/mol. The molecule has 2 aliphatic rings. The molecule has 4 rings (SSSR count). The maximum Gasteiger partial charge on any atom is 0.187 e. The molecule has 2 heterocycles. The zero-order valence-electron chi connectivity index (χ0n) is 14.1. The number of hydrogen-bond acceptors (Lipinski definition) is 4. The Hall–Kier alpha value is -1.40. The second kappa shape index (κ2) is 6.40. The van der Waals surface area contributed by atoms with Crippen molar-refractivity contribution in [3.8, 4) is 0 Å². The van der Waals surface area contributed by atoms with Gasteiger partial charge in [0.15, 0.2) is 9.84 Å². The van der Waals surface area contributed by atoms with Crippen LogP contribution in [0.3, 0.4) is 0 Å². The van der Waals surface area contributed by atoms with Crippen LogP contribution in [0.1, 0.15) is 22.4 Å². The Morgan fingerprint density at radius 2 is 1.60 bits per heavy atom. The lowest BCUT2D eigenvalue weighted by molar-refractivity contribution is 0.109. The molecule has 0 aliphatic carbocycles. The Kier molecular flexibility index (Phi) is 4.36. The summed E-state index contributed by atoms with van der Waals surface area (Å²) in [6, 6.07) is 14.5. The highest BCUT2D eigenvalue weighted by molar-refractivity contribution is 7.92. The first kappa shape index (κ1) is 17.0. The van der Waals surface area contributed by atoms with E-state index in [9.17, 15) is 8.42 Å². The molecule has 0 N–H and O–H groups in total. The molecule has 1 saturated heterocycles. The number of likely N-dealkylation sites (N-methyl/N-ethyl adjacent to an activating group) is 1. The van der Waals surface area contributed by atoms with E-state index in [4.69, 9.17) is 11.6 Å². The Bertz CT molecular complexity index is 875. The van der Waals surface area contributed by atoms with Gasteiger partial charge in [-0.3, -0.25) is 4.90 Å². The Morgan fingerprint density at radius 1 is 0.960 bits per heavy atom. The predicted octanol–water partition coefficient (Wildman–Crippen LogP) is 3.16. The summed E-state index contributed by atoms with van der Waals surface area (Å²) in [7, 11) is -1.32. The second-order valence-corrected chi connectivity index (χ2v) is 9.31. The lowest BCUT2D eigenvalue weighted by Crippen LogP contribution is -2.46. The Morgan fingerprint density at radius 3 is 2.28 bits per heavy atom. The van der Waals surface area contributed by atoms with Crippen LogP contribution < -0.4 is 0 Å². The van der Waals surface area contributed by atoms with Crippen LogP contribution in [0.15, 0.2) is 53.4 Å². The van der Waals surface area contributed by atoms with Gasteiger partial charge in [-0.15, -0.1) is 0 Å². The van der Waals surface area contributed by atoms with Crippen molar-refractivity contribution in [1.29, 1.82) is 0 Å². The molecule has 25 heavy (non-hydrogen) atoms. The molecule has 2 aromatic carbocycles. The van der Waals surface area contributed by atoms with Crippen LogP contribution in [0.4, 0.5) is 0 Å². The van der Waals surface area contributed by atoms with Gasteiger partial charge in [0.2, 0.25) is 0 Å². The first-order chi connectivity index (χ1) is 12.0. The van der Waals surface area contributed by atoms with Gasteiger partial charge >= 0.3 is 0 Å². The van der Waals surface area contributed by atoms with Gasteiger partial charge in [-0.1, -0.05) is 41.9 Å². The average molecular weight is 377 g/mol.